The van der Waals surface area contributed by atoms with E-state index in [1.807, 2.05) is 65.6 Å². The lowest BCUT2D eigenvalue weighted by Crippen LogP contribution is -2.52. The Kier molecular flexibility index (Phi) is 5.80. The van der Waals surface area contributed by atoms with Gasteiger partial charge in [-0.15, -0.1) is 0 Å². The SMILES string of the molecule is CC1C(Nc2nccc(-c3ccccc3)n2)CCCN1C(=O)c1ccccc1-n1nccn1. The smallest absolute Gasteiger partial charge is 0.256 e. The van der Waals surface area contributed by atoms with Crippen molar-refractivity contribution in [3.63, 3.8) is 0 Å². The number of carbonyl (C=O) groups excluding carboxylic acids is 1. The normalized spacial score (nSPS) is 18.2. The minimum absolute atomic E-state index is 0.0270. The average Bonchev–Trinajstić information content (AvgIpc) is 3.41. The van der Waals surface area contributed by atoms with Gasteiger partial charge in [-0.3, -0.25) is 4.79 Å². The van der Waals surface area contributed by atoms with Crippen molar-refractivity contribution >= 4 is 11.9 Å². The topological polar surface area (TPSA) is 88.8 Å². The molecule has 2 atom stereocenters. The Labute approximate surface area is 192 Å². The Morgan fingerprint density at radius 3 is 2.55 bits per heavy atom. The first kappa shape index (κ1) is 20.8. The molecule has 2 aromatic carbocycles. The summed E-state index contributed by atoms with van der Waals surface area (Å²) in [5, 5.41) is 11.9. The van der Waals surface area contributed by atoms with Crippen LogP contribution in [0.2, 0.25) is 0 Å². The fourth-order valence-electron chi connectivity index (χ4n) is 4.31. The van der Waals surface area contributed by atoms with Crippen molar-refractivity contribution in [2.45, 2.75) is 31.8 Å². The van der Waals surface area contributed by atoms with Crippen LogP contribution in [-0.2, 0) is 0 Å². The maximum atomic E-state index is 13.6. The molecule has 0 bridgehead atoms. The summed E-state index contributed by atoms with van der Waals surface area (Å²) in [6, 6.07) is 19.4. The van der Waals surface area contributed by atoms with Gasteiger partial charge in [0.1, 0.15) is 0 Å². The second-order valence-electron chi connectivity index (χ2n) is 8.10. The molecule has 0 spiro atoms. The van der Waals surface area contributed by atoms with Crippen molar-refractivity contribution < 1.29 is 4.79 Å². The number of carbonyl (C=O) groups is 1. The highest BCUT2D eigenvalue weighted by Gasteiger charge is 2.33. The fraction of sp³-hybridized carbons (Fsp3) is 0.240. The number of nitrogens with one attached hydrogen (secondary N) is 1. The number of likely N-dealkylation sites (tertiary alicyclic amines) is 1. The zero-order valence-corrected chi connectivity index (χ0v) is 18.4. The Morgan fingerprint density at radius 2 is 1.73 bits per heavy atom. The second kappa shape index (κ2) is 9.20. The van der Waals surface area contributed by atoms with Gasteiger partial charge in [0.05, 0.1) is 29.3 Å². The number of hydrogen-bond acceptors (Lipinski definition) is 6. The fourth-order valence-corrected chi connectivity index (χ4v) is 4.31. The molecule has 1 aliphatic rings. The van der Waals surface area contributed by atoms with Crippen molar-refractivity contribution in [2.24, 2.45) is 0 Å². The molecule has 4 aromatic rings. The van der Waals surface area contributed by atoms with Crippen molar-refractivity contribution in [1.82, 2.24) is 29.9 Å². The number of rotatable bonds is 5. The van der Waals surface area contributed by atoms with Crippen molar-refractivity contribution in [3.8, 4) is 16.9 Å². The van der Waals surface area contributed by atoms with Gasteiger partial charge in [-0.05, 0) is 38.0 Å². The molecular weight excluding hydrogens is 414 g/mol. The highest BCUT2D eigenvalue weighted by atomic mass is 16.2. The molecule has 1 amide bonds. The molecule has 8 nitrogen and oxygen atoms in total. The van der Waals surface area contributed by atoms with Crippen LogP contribution in [0, 0.1) is 0 Å². The molecule has 5 rings (SSSR count). The van der Waals surface area contributed by atoms with E-state index in [0.717, 1.165) is 24.1 Å². The molecule has 1 saturated heterocycles. The number of amides is 1. The van der Waals surface area contributed by atoms with Crippen LogP contribution in [-0.4, -0.2) is 54.4 Å². The van der Waals surface area contributed by atoms with Gasteiger partial charge < -0.3 is 10.2 Å². The van der Waals surface area contributed by atoms with Gasteiger partial charge in [-0.2, -0.15) is 15.0 Å². The van der Waals surface area contributed by atoms with Gasteiger partial charge in [0.2, 0.25) is 5.95 Å². The Balaban J connectivity index is 1.36. The summed E-state index contributed by atoms with van der Waals surface area (Å²) in [6.45, 7) is 2.77. The standard InChI is InChI=1S/C25H25N7O/c1-18-21(29-25-26-14-13-22(30-25)19-8-3-2-4-9-19)11-7-17-31(18)24(33)20-10-5-6-12-23(20)32-27-15-16-28-32/h2-6,8-10,12-16,18,21H,7,11,17H2,1H3,(H,26,29,30). The van der Waals surface area contributed by atoms with Crippen molar-refractivity contribution in [1.29, 1.82) is 0 Å². The van der Waals surface area contributed by atoms with Crippen LogP contribution >= 0.6 is 0 Å². The van der Waals surface area contributed by atoms with Gasteiger partial charge in [0.25, 0.3) is 5.91 Å². The molecule has 0 aliphatic carbocycles. The average molecular weight is 440 g/mol. The summed E-state index contributed by atoms with van der Waals surface area (Å²) in [5.41, 5.74) is 3.17. The minimum Gasteiger partial charge on any atom is -0.349 e. The van der Waals surface area contributed by atoms with Gasteiger partial charge in [0, 0.05) is 30.4 Å². The summed E-state index contributed by atoms with van der Waals surface area (Å²) in [5.74, 6) is 0.546. The number of piperidine rings is 1. The zero-order chi connectivity index (χ0) is 22.6. The number of aromatic nitrogens is 5. The summed E-state index contributed by atoms with van der Waals surface area (Å²) in [7, 11) is 0. The van der Waals surface area contributed by atoms with Gasteiger partial charge in [-0.25, -0.2) is 9.97 Å². The molecule has 2 unspecified atom stereocenters. The maximum Gasteiger partial charge on any atom is 0.256 e. The van der Waals surface area contributed by atoms with E-state index >= 15 is 0 Å². The van der Waals surface area contributed by atoms with E-state index < -0.39 is 0 Å². The third-order valence-corrected chi connectivity index (χ3v) is 6.06. The van der Waals surface area contributed by atoms with E-state index in [1.54, 1.807) is 18.6 Å². The van der Waals surface area contributed by atoms with E-state index in [9.17, 15) is 4.79 Å². The van der Waals surface area contributed by atoms with E-state index in [2.05, 4.69) is 27.4 Å². The van der Waals surface area contributed by atoms with Gasteiger partial charge in [-0.1, -0.05) is 42.5 Å². The minimum atomic E-state index is -0.0335. The lowest BCUT2D eigenvalue weighted by molar-refractivity contribution is 0.0616. The summed E-state index contributed by atoms with van der Waals surface area (Å²) in [6.07, 6.45) is 6.81. The van der Waals surface area contributed by atoms with Crippen LogP contribution in [0.5, 0.6) is 0 Å². The van der Waals surface area contributed by atoms with Crippen molar-refractivity contribution in [2.75, 3.05) is 11.9 Å². The first-order valence-electron chi connectivity index (χ1n) is 11.1. The first-order valence-corrected chi connectivity index (χ1v) is 11.1. The number of nitrogens with zero attached hydrogens (tertiary/aromatic N) is 6. The van der Waals surface area contributed by atoms with Crippen LogP contribution in [0.15, 0.2) is 79.3 Å². The molecule has 2 aromatic heterocycles. The number of benzene rings is 2. The Hall–Kier alpha value is -4.07. The monoisotopic (exact) mass is 439 g/mol. The molecule has 1 N–H and O–H groups in total. The number of para-hydroxylation sites is 1. The lowest BCUT2D eigenvalue weighted by Gasteiger charge is -2.40. The van der Waals surface area contributed by atoms with Crippen LogP contribution in [0.3, 0.4) is 0 Å². The van der Waals surface area contributed by atoms with E-state index in [0.29, 0.717) is 23.7 Å². The number of anilines is 1. The predicted molar refractivity (Wildman–Crippen MR) is 126 cm³/mol. The maximum absolute atomic E-state index is 13.6. The van der Waals surface area contributed by atoms with E-state index in [1.165, 1.54) is 4.80 Å². The molecule has 3 heterocycles. The van der Waals surface area contributed by atoms with Crippen LogP contribution in [0.1, 0.15) is 30.1 Å². The summed E-state index contributed by atoms with van der Waals surface area (Å²) < 4.78 is 0. The van der Waals surface area contributed by atoms with Crippen molar-refractivity contribution in [3.05, 3.63) is 84.8 Å². The molecule has 0 saturated carbocycles. The van der Waals surface area contributed by atoms with E-state index in [-0.39, 0.29) is 18.0 Å². The quantitative estimate of drug-likeness (QED) is 0.508. The predicted octanol–water partition coefficient (Wildman–Crippen LogP) is 3.83. The molecule has 8 heteroatoms. The number of hydrogen-bond donors (Lipinski definition) is 1. The second-order valence-corrected chi connectivity index (χ2v) is 8.10. The van der Waals surface area contributed by atoms with Crippen LogP contribution in [0.25, 0.3) is 16.9 Å². The zero-order valence-electron chi connectivity index (χ0n) is 18.4. The Morgan fingerprint density at radius 1 is 0.970 bits per heavy atom. The molecule has 166 valence electrons. The lowest BCUT2D eigenvalue weighted by atomic mass is 9.96. The summed E-state index contributed by atoms with van der Waals surface area (Å²) >= 11 is 0. The van der Waals surface area contributed by atoms with Gasteiger partial charge >= 0.3 is 0 Å². The summed E-state index contributed by atoms with van der Waals surface area (Å²) in [4.78, 5) is 26.1. The van der Waals surface area contributed by atoms with Crippen LogP contribution < -0.4 is 5.32 Å². The van der Waals surface area contributed by atoms with Crippen LogP contribution in [0.4, 0.5) is 5.95 Å². The highest BCUT2D eigenvalue weighted by molar-refractivity contribution is 5.98. The largest absolute Gasteiger partial charge is 0.349 e. The molecule has 33 heavy (non-hydrogen) atoms. The van der Waals surface area contributed by atoms with Gasteiger partial charge in [0.15, 0.2) is 0 Å². The van der Waals surface area contributed by atoms with E-state index in [4.69, 9.17) is 4.98 Å². The molecule has 1 aliphatic heterocycles. The first-order chi connectivity index (χ1) is 16.2. The molecule has 1 fully saturated rings. The third-order valence-electron chi connectivity index (χ3n) is 6.06. The molecule has 0 radical (unpaired) electrons. The third kappa shape index (κ3) is 4.32. The highest BCUT2D eigenvalue weighted by Crippen LogP contribution is 2.25. The molecular formula is C25H25N7O. The Bertz CT molecular complexity index is 1230.